The van der Waals surface area contributed by atoms with Crippen LogP contribution in [0.5, 0.6) is 0 Å². The quantitative estimate of drug-likeness (QED) is 0.755. The second kappa shape index (κ2) is 5.69. The van der Waals surface area contributed by atoms with Gasteiger partial charge in [-0.1, -0.05) is 13.8 Å². The highest BCUT2D eigenvalue weighted by molar-refractivity contribution is 5.83. The fourth-order valence-electron chi connectivity index (χ4n) is 2.76. The minimum atomic E-state index is -0.0455. The van der Waals surface area contributed by atoms with Crippen molar-refractivity contribution in [2.45, 2.75) is 57.7 Å². The molecule has 2 N–H and O–H groups in total. The molecular weight excluding hydrogens is 230 g/mol. The van der Waals surface area contributed by atoms with Crippen molar-refractivity contribution in [3.05, 3.63) is 0 Å². The zero-order chi connectivity index (χ0) is 13.1. The molecule has 2 rings (SSSR count). The summed E-state index contributed by atoms with van der Waals surface area (Å²) in [5, 5.41) is 6.24. The summed E-state index contributed by atoms with van der Waals surface area (Å²) in [5.74, 6) is 0.303. The topological polar surface area (TPSA) is 61.4 Å². The third-order valence-electron chi connectivity index (χ3n) is 3.59. The number of likely N-dealkylation sites (tertiary alicyclic amines) is 1. The lowest BCUT2D eigenvalue weighted by molar-refractivity contribution is -0.136. The first-order valence-electron chi connectivity index (χ1n) is 6.90. The van der Waals surface area contributed by atoms with Gasteiger partial charge in [0.25, 0.3) is 0 Å². The van der Waals surface area contributed by atoms with Crippen molar-refractivity contribution >= 4 is 11.8 Å². The van der Waals surface area contributed by atoms with Crippen molar-refractivity contribution in [3.8, 4) is 0 Å². The van der Waals surface area contributed by atoms with E-state index in [1.54, 1.807) is 0 Å². The summed E-state index contributed by atoms with van der Waals surface area (Å²) < 4.78 is 0. The van der Waals surface area contributed by atoms with E-state index in [9.17, 15) is 9.59 Å². The Morgan fingerprint density at radius 3 is 2.78 bits per heavy atom. The number of nitrogens with zero attached hydrogens (tertiary/aromatic N) is 1. The third kappa shape index (κ3) is 3.22. The molecule has 0 spiro atoms. The molecule has 2 saturated heterocycles. The molecule has 0 radical (unpaired) electrons. The molecule has 2 unspecified atom stereocenters. The molecule has 18 heavy (non-hydrogen) atoms. The molecule has 102 valence electrons. The van der Waals surface area contributed by atoms with Gasteiger partial charge in [0.2, 0.25) is 11.8 Å². The van der Waals surface area contributed by atoms with Gasteiger partial charge >= 0.3 is 0 Å². The maximum absolute atomic E-state index is 12.3. The Balaban J connectivity index is 1.88. The average molecular weight is 253 g/mol. The first-order valence-corrected chi connectivity index (χ1v) is 6.90. The van der Waals surface area contributed by atoms with Crippen molar-refractivity contribution in [1.82, 2.24) is 15.5 Å². The standard InChI is InChI=1S/C13H23N3O2/c1-9(2)14-11-4-3-7-16(13(11)18)8-10-5-6-12(17)15-10/h9-11,14H,3-8H2,1-2H3,(H,15,17). The first-order chi connectivity index (χ1) is 8.56. The minimum absolute atomic E-state index is 0.0455. The predicted molar refractivity (Wildman–Crippen MR) is 69.0 cm³/mol. The second-order valence-electron chi connectivity index (χ2n) is 5.60. The van der Waals surface area contributed by atoms with Crippen LogP contribution < -0.4 is 10.6 Å². The van der Waals surface area contributed by atoms with Crippen LogP contribution in [0.2, 0.25) is 0 Å². The molecule has 5 nitrogen and oxygen atoms in total. The lowest BCUT2D eigenvalue weighted by atomic mass is 10.0. The van der Waals surface area contributed by atoms with Gasteiger partial charge in [0, 0.05) is 31.6 Å². The van der Waals surface area contributed by atoms with Gasteiger partial charge in [-0.2, -0.15) is 0 Å². The maximum atomic E-state index is 12.3. The summed E-state index contributed by atoms with van der Waals surface area (Å²) in [5.41, 5.74) is 0. The van der Waals surface area contributed by atoms with E-state index in [-0.39, 0.29) is 23.9 Å². The summed E-state index contributed by atoms with van der Waals surface area (Å²) in [4.78, 5) is 25.3. The van der Waals surface area contributed by atoms with Crippen LogP contribution in [0.15, 0.2) is 0 Å². The number of amides is 2. The molecule has 0 aliphatic carbocycles. The molecule has 2 aliphatic rings. The Morgan fingerprint density at radius 2 is 2.17 bits per heavy atom. The Morgan fingerprint density at radius 1 is 1.39 bits per heavy atom. The molecule has 2 atom stereocenters. The smallest absolute Gasteiger partial charge is 0.239 e. The highest BCUT2D eigenvalue weighted by atomic mass is 16.2. The van der Waals surface area contributed by atoms with E-state index in [0.29, 0.717) is 19.0 Å². The fraction of sp³-hybridized carbons (Fsp3) is 0.846. The highest BCUT2D eigenvalue weighted by Gasteiger charge is 2.31. The monoisotopic (exact) mass is 253 g/mol. The second-order valence-corrected chi connectivity index (χ2v) is 5.60. The summed E-state index contributed by atoms with van der Waals surface area (Å²) in [6, 6.07) is 0.431. The van der Waals surface area contributed by atoms with Crippen molar-refractivity contribution in [3.63, 3.8) is 0 Å². The predicted octanol–water partition coefficient (Wildman–Crippen LogP) is 0.254. The summed E-state index contributed by atoms with van der Waals surface area (Å²) in [6.07, 6.45) is 3.41. The highest BCUT2D eigenvalue weighted by Crippen LogP contribution is 2.15. The van der Waals surface area contributed by atoms with E-state index in [4.69, 9.17) is 0 Å². The van der Waals surface area contributed by atoms with Gasteiger partial charge in [-0.15, -0.1) is 0 Å². The van der Waals surface area contributed by atoms with E-state index < -0.39 is 0 Å². The van der Waals surface area contributed by atoms with Gasteiger partial charge in [-0.05, 0) is 19.3 Å². The largest absolute Gasteiger partial charge is 0.352 e. The van der Waals surface area contributed by atoms with E-state index in [2.05, 4.69) is 24.5 Å². The number of hydrogen-bond acceptors (Lipinski definition) is 3. The summed E-state index contributed by atoms with van der Waals surface area (Å²) >= 11 is 0. The van der Waals surface area contributed by atoms with Crippen LogP contribution in [0.4, 0.5) is 0 Å². The van der Waals surface area contributed by atoms with Crippen molar-refractivity contribution in [1.29, 1.82) is 0 Å². The molecule has 0 aromatic heterocycles. The van der Waals surface area contributed by atoms with E-state index in [1.165, 1.54) is 0 Å². The van der Waals surface area contributed by atoms with Crippen LogP contribution in [0.1, 0.15) is 39.5 Å². The molecular formula is C13H23N3O2. The molecule has 2 fully saturated rings. The number of carbonyl (C=O) groups excluding carboxylic acids is 2. The van der Waals surface area contributed by atoms with Gasteiger partial charge < -0.3 is 15.5 Å². The van der Waals surface area contributed by atoms with Crippen LogP contribution in [0, 0.1) is 0 Å². The Bertz CT molecular complexity index is 330. The normalized spacial score (nSPS) is 28.9. The van der Waals surface area contributed by atoms with Crippen LogP contribution in [0.25, 0.3) is 0 Å². The van der Waals surface area contributed by atoms with Crippen molar-refractivity contribution < 1.29 is 9.59 Å². The van der Waals surface area contributed by atoms with E-state index in [0.717, 1.165) is 25.8 Å². The Hall–Kier alpha value is -1.10. The molecule has 0 bridgehead atoms. The lowest BCUT2D eigenvalue weighted by Gasteiger charge is -2.35. The van der Waals surface area contributed by atoms with Crippen molar-refractivity contribution in [2.75, 3.05) is 13.1 Å². The van der Waals surface area contributed by atoms with E-state index in [1.807, 2.05) is 4.90 Å². The van der Waals surface area contributed by atoms with Crippen LogP contribution in [-0.4, -0.2) is 47.9 Å². The summed E-state index contributed by atoms with van der Waals surface area (Å²) in [7, 11) is 0. The maximum Gasteiger partial charge on any atom is 0.239 e. The number of hydrogen-bond donors (Lipinski definition) is 2. The molecule has 0 aromatic rings. The zero-order valence-corrected chi connectivity index (χ0v) is 11.2. The van der Waals surface area contributed by atoms with E-state index >= 15 is 0 Å². The number of nitrogens with one attached hydrogen (secondary N) is 2. The minimum Gasteiger partial charge on any atom is -0.352 e. The lowest BCUT2D eigenvalue weighted by Crippen LogP contribution is -2.54. The number of carbonyl (C=O) groups is 2. The van der Waals surface area contributed by atoms with Gasteiger partial charge in [-0.25, -0.2) is 0 Å². The first kappa shape index (κ1) is 13.3. The van der Waals surface area contributed by atoms with Gasteiger partial charge in [-0.3, -0.25) is 9.59 Å². The van der Waals surface area contributed by atoms with Crippen LogP contribution in [-0.2, 0) is 9.59 Å². The summed E-state index contributed by atoms with van der Waals surface area (Å²) in [6.45, 7) is 5.61. The van der Waals surface area contributed by atoms with Gasteiger partial charge in [0.1, 0.15) is 0 Å². The zero-order valence-electron chi connectivity index (χ0n) is 11.2. The molecule has 2 heterocycles. The SMILES string of the molecule is CC(C)NC1CCCN(CC2CCC(=O)N2)C1=O. The Labute approximate surface area is 108 Å². The van der Waals surface area contributed by atoms with Gasteiger partial charge in [0.05, 0.1) is 6.04 Å². The molecule has 0 aromatic carbocycles. The van der Waals surface area contributed by atoms with Gasteiger partial charge in [0.15, 0.2) is 0 Å². The average Bonchev–Trinajstić information content (AvgIpc) is 2.69. The molecule has 0 saturated carbocycles. The molecule has 2 amide bonds. The molecule has 2 aliphatic heterocycles. The number of rotatable bonds is 4. The van der Waals surface area contributed by atoms with Crippen LogP contribution in [0.3, 0.4) is 0 Å². The van der Waals surface area contributed by atoms with Crippen LogP contribution >= 0.6 is 0 Å². The fourth-order valence-corrected chi connectivity index (χ4v) is 2.76. The Kier molecular flexibility index (Phi) is 4.22. The molecule has 5 heteroatoms. The number of piperidine rings is 1. The van der Waals surface area contributed by atoms with Crippen molar-refractivity contribution in [2.24, 2.45) is 0 Å². The third-order valence-corrected chi connectivity index (χ3v) is 3.59.